The first-order valence-corrected chi connectivity index (χ1v) is 4.48. The molecule has 68 valence electrons. The van der Waals surface area contributed by atoms with Crippen molar-refractivity contribution in [2.45, 2.75) is 39.5 Å². The minimum absolute atomic E-state index is 0.435. The van der Waals surface area contributed by atoms with Crippen molar-refractivity contribution < 1.29 is 10.2 Å². The minimum Gasteiger partial charge on any atom is -0.459 e. The van der Waals surface area contributed by atoms with Crippen molar-refractivity contribution in [2.75, 3.05) is 0 Å². The van der Waals surface area contributed by atoms with Crippen LogP contribution in [0.1, 0.15) is 51.1 Å². The number of quaternary nitrogens is 1. The molecule has 1 rings (SSSR count). The van der Waals surface area contributed by atoms with Crippen LogP contribution in [0.4, 0.5) is 5.69 Å². The smallest absolute Gasteiger partial charge is 0.170 e. The van der Waals surface area contributed by atoms with E-state index < -0.39 is 0 Å². The van der Waals surface area contributed by atoms with Gasteiger partial charge >= 0.3 is 0 Å². The molecule has 0 saturated carbocycles. The van der Waals surface area contributed by atoms with E-state index in [4.69, 9.17) is 4.42 Å². The predicted octanol–water partition coefficient (Wildman–Crippen LogP) is 2.40. The molecule has 2 heteroatoms. The van der Waals surface area contributed by atoms with Crippen LogP contribution in [0, 0.1) is 0 Å². The summed E-state index contributed by atoms with van der Waals surface area (Å²) >= 11 is 0. The molecule has 0 amide bonds. The lowest BCUT2D eigenvalue weighted by atomic mass is 10.1. The Morgan fingerprint density at radius 2 is 1.75 bits per heavy atom. The van der Waals surface area contributed by atoms with Gasteiger partial charge in [0.2, 0.25) is 0 Å². The zero-order valence-electron chi connectivity index (χ0n) is 8.35. The number of rotatable bonds is 2. The van der Waals surface area contributed by atoms with Crippen LogP contribution < -0.4 is 5.73 Å². The van der Waals surface area contributed by atoms with E-state index >= 15 is 0 Å². The van der Waals surface area contributed by atoms with Crippen molar-refractivity contribution in [3.8, 4) is 0 Å². The molecule has 1 aromatic rings. The maximum Gasteiger partial charge on any atom is 0.170 e. The van der Waals surface area contributed by atoms with Gasteiger partial charge in [-0.1, -0.05) is 27.7 Å². The summed E-state index contributed by atoms with van der Waals surface area (Å²) in [6, 6.07) is 2.04. The van der Waals surface area contributed by atoms with Crippen molar-refractivity contribution in [3.05, 3.63) is 17.6 Å². The van der Waals surface area contributed by atoms with Gasteiger partial charge in [0.15, 0.2) is 11.4 Å². The van der Waals surface area contributed by atoms with E-state index in [1.165, 1.54) is 0 Å². The Balaban J connectivity index is 3.00. The SMILES string of the molecule is CC(C)c1cc([NH3+])c(C(C)C)o1. The molecule has 2 nitrogen and oxygen atoms in total. The summed E-state index contributed by atoms with van der Waals surface area (Å²) < 4.78 is 5.67. The predicted molar refractivity (Wildman–Crippen MR) is 49.4 cm³/mol. The van der Waals surface area contributed by atoms with Crippen molar-refractivity contribution in [1.29, 1.82) is 0 Å². The van der Waals surface area contributed by atoms with Gasteiger partial charge in [-0.05, 0) is 0 Å². The van der Waals surface area contributed by atoms with E-state index in [9.17, 15) is 0 Å². The highest BCUT2D eigenvalue weighted by Gasteiger charge is 2.15. The molecular formula is C10H18NO+. The second-order valence-corrected chi connectivity index (χ2v) is 3.85. The van der Waals surface area contributed by atoms with Crippen molar-refractivity contribution in [1.82, 2.24) is 0 Å². The summed E-state index contributed by atoms with van der Waals surface area (Å²) in [6.07, 6.45) is 0. The van der Waals surface area contributed by atoms with E-state index in [-0.39, 0.29) is 0 Å². The standard InChI is InChI=1S/C10H17NO/c1-6(2)9-5-8(11)10(12-9)7(3)4/h5-7H,11H2,1-4H3/p+1. The number of furan rings is 1. The van der Waals surface area contributed by atoms with Gasteiger partial charge in [-0.3, -0.25) is 0 Å². The zero-order valence-corrected chi connectivity index (χ0v) is 8.35. The summed E-state index contributed by atoms with van der Waals surface area (Å²) in [7, 11) is 0. The fourth-order valence-electron chi connectivity index (χ4n) is 1.24. The molecule has 0 aliphatic carbocycles. The molecule has 0 unspecified atom stereocenters. The molecule has 0 saturated heterocycles. The molecule has 0 aliphatic heterocycles. The highest BCUT2D eigenvalue weighted by atomic mass is 16.3. The van der Waals surface area contributed by atoms with Crippen LogP contribution >= 0.6 is 0 Å². The summed E-state index contributed by atoms with van der Waals surface area (Å²) in [5, 5.41) is 0. The molecule has 0 fully saturated rings. The first-order valence-electron chi connectivity index (χ1n) is 4.48. The maximum atomic E-state index is 5.67. The Bertz CT molecular complexity index is 261. The maximum absolute atomic E-state index is 5.67. The number of hydrogen-bond donors (Lipinski definition) is 1. The topological polar surface area (TPSA) is 40.8 Å². The van der Waals surface area contributed by atoms with Crippen LogP contribution in [0.15, 0.2) is 10.5 Å². The van der Waals surface area contributed by atoms with E-state index in [1.807, 2.05) is 6.07 Å². The van der Waals surface area contributed by atoms with Gasteiger partial charge in [0, 0.05) is 17.9 Å². The van der Waals surface area contributed by atoms with Gasteiger partial charge in [-0.15, -0.1) is 0 Å². The van der Waals surface area contributed by atoms with Crippen LogP contribution in [0.5, 0.6) is 0 Å². The zero-order chi connectivity index (χ0) is 9.30. The fourth-order valence-corrected chi connectivity index (χ4v) is 1.24. The molecule has 0 radical (unpaired) electrons. The quantitative estimate of drug-likeness (QED) is 0.723. The van der Waals surface area contributed by atoms with Crippen LogP contribution in [-0.4, -0.2) is 0 Å². The largest absolute Gasteiger partial charge is 0.459 e. The van der Waals surface area contributed by atoms with Crippen LogP contribution in [-0.2, 0) is 0 Å². The van der Waals surface area contributed by atoms with E-state index in [0.29, 0.717) is 11.8 Å². The monoisotopic (exact) mass is 168 g/mol. The second-order valence-electron chi connectivity index (χ2n) is 3.85. The molecule has 0 atom stereocenters. The Morgan fingerprint density at radius 3 is 2.00 bits per heavy atom. The summed E-state index contributed by atoms with van der Waals surface area (Å²) in [4.78, 5) is 0. The molecule has 12 heavy (non-hydrogen) atoms. The Labute approximate surface area is 73.8 Å². The Hall–Kier alpha value is -0.760. The van der Waals surface area contributed by atoms with Crippen LogP contribution in [0.25, 0.3) is 0 Å². The fraction of sp³-hybridized carbons (Fsp3) is 0.600. The van der Waals surface area contributed by atoms with Gasteiger partial charge in [0.05, 0.1) is 0 Å². The molecule has 0 bridgehead atoms. The van der Waals surface area contributed by atoms with E-state index in [0.717, 1.165) is 17.2 Å². The van der Waals surface area contributed by atoms with Gasteiger partial charge in [-0.25, -0.2) is 0 Å². The van der Waals surface area contributed by atoms with Crippen molar-refractivity contribution >= 4 is 5.69 Å². The molecule has 1 heterocycles. The summed E-state index contributed by atoms with van der Waals surface area (Å²) in [5.74, 6) is 2.96. The molecular weight excluding hydrogens is 150 g/mol. The molecule has 0 aliphatic rings. The van der Waals surface area contributed by atoms with E-state index in [2.05, 4.69) is 33.4 Å². The van der Waals surface area contributed by atoms with Crippen molar-refractivity contribution in [3.63, 3.8) is 0 Å². The average molecular weight is 168 g/mol. The second kappa shape index (κ2) is 3.31. The molecule has 0 aromatic carbocycles. The molecule has 1 aromatic heterocycles. The third-order valence-corrected chi connectivity index (χ3v) is 1.95. The minimum atomic E-state index is 0.435. The lowest BCUT2D eigenvalue weighted by Gasteiger charge is -2.00. The third-order valence-electron chi connectivity index (χ3n) is 1.95. The van der Waals surface area contributed by atoms with Gasteiger partial charge in [0.1, 0.15) is 5.76 Å². The lowest BCUT2D eigenvalue weighted by molar-refractivity contribution is -0.256. The van der Waals surface area contributed by atoms with Crippen LogP contribution in [0.3, 0.4) is 0 Å². The summed E-state index contributed by atoms with van der Waals surface area (Å²) in [5.41, 5.74) is 4.99. The number of hydrogen-bond acceptors (Lipinski definition) is 1. The van der Waals surface area contributed by atoms with E-state index in [1.54, 1.807) is 0 Å². The molecule has 0 spiro atoms. The highest BCUT2D eigenvalue weighted by Crippen LogP contribution is 2.28. The average Bonchev–Trinajstić information content (AvgIpc) is 2.30. The van der Waals surface area contributed by atoms with Crippen molar-refractivity contribution in [2.24, 2.45) is 0 Å². The Morgan fingerprint density at radius 1 is 1.17 bits per heavy atom. The lowest BCUT2D eigenvalue weighted by Crippen LogP contribution is -2.40. The summed E-state index contributed by atoms with van der Waals surface area (Å²) in [6.45, 7) is 8.50. The normalized spacial score (nSPS) is 11.6. The van der Waals surface area contributed by atoms with Gasteiger partial charge < -0.3 is 10.2 Å². The van der Waals surface area contributed by atoms with Gasteiger partial charge in [0.25, 0.3) is 0 Å². The Kier molecular flexibility index (Phi) is 2.58. The third kappa shape index (κ3) is 1.69. The first kappa shape index (κ1) is 9.33. The van der Waals surface area contributed by atoms with Crippen LogP contribution in [0.2, 0.25) is 0 Å². The first-order chi connectivity index (χ1) is 5.52. The van der Waals surface area contributed by atoms with Gasteiger partial charge in [-0.2, -0.15) is 0 Å². The highest BCUT2D eigenvalue weighted by molar-refractivity contribution is 5.36. The molecule has 3 N–H and O–H groups in total.